The molecule has 0 aromatic heterocycles. The molecule has 4 heteroatoms. The minimum Gasteiger partial charge on any atom is -0.397 e. The molecule has 2 amide bonds. The SMILES string of the molecule is CCCN(C)C(=O)Nc1cc(C2=CCCC2)ccc1N. The first-order valence-electron chi connectivity index (χ1n) is 7.23. The molecule has 0 bridgehead atoms. The lowest BCUT2D eigenvalue weighted by Crippen LogP contribution is -2.32. The molecule has 0 heterocycles. The van der Waals surface area contributed by atoms with Gasteiger partial charge in [-0.2, -0.15) is 0 Å². The second-order valence-electron chi connectivity index (χ2n) is 5.28. The average molecular weight is 273 g/mol. The number of rotatable bonds is 4. The lowest BCUT2D eigenvalue weighted by Gasteiger charge is -2.18. The van der Waals surface area contributed by atoms with E-state index in [1.165, 1.54) is 12.0 Å². The zero-order valence-electron chi connectivity index (χ0n) is 12.3. The molecule has 0 fully saturated rings. The number of nitrogen functional groups attached to an aromatic ring is 1. The van der Waals surface area contributed by atoms with Gasteiger partial charge in [0.1, 0.15) is 0 Å². The van der Waals surface area contributed by atoms with Crippen molar-refractivity contribution in [3.63, 3.8) is 0 Å². The van der Waals surface area contributed by atoms with Gasteiger partial charge in [0, 0.05) is 13.6 Å². The Kier molecular flexibility index (Phi) is 4.66. The van der Waals surface area contributed by atoms with Gasteiger partial charge in [0.25, 0.3) is 0 Å². The molecule has 1 aromatic carbocycles. The molecule has 20 heavy (non-hydrogen) atoms. The Morgan fingerprint density at radius 3 is 2.90 bits per heavy atom. The largest absolute Gasteiger partial charge is 0.397 e. The summed E-state index contributed by atoms with van der Waals surface area (Å²) in [7, 11) is 1.79. The number of hydrogen-bond donors (Lipinski definition) is 2. The summed E-state index contributed by atoms with van der Waals surface area (Å²) in [6.45, 7) is 2.78. The van der Waals surface area contributed by atoms with Gasteiger partial charge >= 0.3 is 6.03 Å². The van der Waals surface area contributed by atoms with Gasteiger partial charge in [-0.15, -0.1) is 0 Å². The first-order chi connectivity index (χ1) is 9.61. The van der Waals surface area contributed by atoms with Crippen LogP contribution >= 0.6 is 0 Å². The number of anilines is 2. The van der Waals surface area contributed by atoms with Crippen LogP contribution in [0.2, 0.25) is 0 Å². The van der Waals surface area contributed by atoms with Crippen molar-refractivity contribution in [2.75, 3.05) is 24.6 Å². The lowest BCUT2D eigenvalue weighted by atomic mass is 10.0. The Hall–Kier alpha value is -1.97. The van der Waals surface area contributed by atoms with Crippen LogP contribution in [0, 0.1) is 0 Å². The normalized spacial score (nSPS) is 14.0. The van der Waals surface area contributed by atoms with E-state index >= 15 is 0 Å². The maximum atomic E-state index is 12.0. The molecular weight excluding hydrogens is 250 g/mol. The highest BCUT2D eigenvalue weighted by molar-refractivity contribution is 5.93. The van der Waals surface area contributed by atoms with E-state index in [4.69, 9.17) is 5.73 Å². The highest BCUT2D eigenvalue weighted by Gasteiger charge is 2.12. The monoisotopic (exact) mass is 273 g/mol. The molecule has 0 saturated carbocycles. The summed E-state index contributed by atoms with van der Waals surface area (Å²) in [5.41, 5.74) is 9.76. The van der Waals surface area contributed by atoms with E-state index in [2.05, 4.69) is 11.4 Å². The molecule has 1 aliphatic rings. The summed E-state index contributed by atoms with van der Waals surface area (Å²) in [5, 5.41) is 2.89. The zero-order valence-corrected chi connectivity index (χ0v) is 12.3. The molecule has 0 atom stereocenters. The summed E-state index contributed by atoms with van der Waals surface area (Å²) in [6.07, 6.45) is 6.65. The number of hydrogen-bond acceptors (Lipinski definition) is 2. The Morgan fingerprint density at radius 2 is 2.25 bits per heavy atom. The van der Waals surface area contributed by atoms with Crippen LogP contribution in [0.3, 0.4) is 0 Å². The maximum absolute atomic E-state index is 12.0. The number of carbonyl (C=O) groups is 1. The molecule has 1 aliphatic carbocycles. The van der Waals surface area contributed by atoms with Crippen LogP contribution in [0.1, 0.15) is 38.2 Å². The summed E-state index contributed by atoms with van der Waals surface area (Å²) < 4.78 is 0. The molecule has 0 radical (unpaired) electrons. The van der Waals surface area contributed by atoms with E-state index in [-0.39, 0.29) is 6.03 Å². The van der Waals surface area contributed by atoms with Crippen LogP contribution in [-0.2, 0) is 0 Å². The van der Waals surface area contributed by atoms with Crippen molar-refractivity contribution in [2.45, 2.75) is 32.6 Å². The predicted molar refractivity (Wildman–Crippen MR) is 84.6 cm³/mol. The Balaban J connectivity index is 2.14. The number of nitrogens with zero attached hydrogens (tertiary/aromatic N) is 1. The Bertz CT molecular complexity index is 522. The minimum absolute atomic E-state index is 0.115. The molecule has 0 spiro atoms. The van der Waals surface area contributed by atoms with Crippen molar-refractivity contribution in [1.82, 2.24) is 4.90 Å². The molecule has 2 rings (SSSR count). The number of urea groups is 1. The van der Waals surface area contributed by atoms with E-state index < -0.39 is 0 Å². The quantitative estimate of drug-likeness (QED) is 0.822. The van der Waals surface area contributed by atoms with Crippen molar-refractivity contribution in [3.8, 4) is 0 Å². The summed E-state index contributed by atoms with van der Waals surface area (Å²) in [5.74, 6) is 0. The van der Waals surface area contributed by atoms with Gasteiger partial charge in [0.15, 0.2) is 0 Å². The molecular formula is C16H23N3O. The molecule has 0 unspecified atom stereocenters. The number of nitrogens with two attached hydrogens (primary N) is 1. The smallest absolute Gasteiger partial charge is 0.321 e. The van der Waals surface area contributed by atoms with E-state index in [0.717, 1.165) is 31.4 Å². The average Bonchev–Trinajstić information content (AvgIpc) is 2.95. The molecule has 0 saturated heterocycles. The van der Waals surface area contributed by atoms with Gasteiger partial charge in [0.05, 0.1) is 11.4 Å². The van der Waals surface area contributed by atoms with Gasteiger partial charge in [-0.25, -0.2) is 4.79 Å². The van der Waals surface area contributed by atoms with Crippen LogP contribution in [-0.4, -0.2) is 24.5 Å². The van der Waals surface area contributed by atoms with E-state index in [9.17, 15) is 4.79 Å². The Morgan fingerprint density at radius 1 is 1.45 bits per heavy atom. The second kappa shape index (κ2) is 6.46. The van der Waals surface area contributed by atoms with Crippen molar-refractivity contribution in [3.05, 3.63) is 29.8 Å². The zero-order chi connectivity index (χ0) is 14.5. The number of allylic oxidation sites excluding steroid dienone is 2. The van der Waals surface area contributed by atoms with Gasteiger partial charge in [-0.1, -0.05) is 19.1 Å². The standard InChI is InChI=1S/C16H23N3O/c1-3-10-19(2)16(20)18-15-11-13(8-9-14(15)17)12-6-4-5-7-12/h6,8-9,11H,3-5,7,10,17H2,1-2H3,(H,18,20). The summed E-state index contributed by atoms with van der Waals surface area (Å²) >= 11 is 0. The third-order valence-electron chi connectivity index (χ3n) is 3.61. The third kappa shape index (κ3) is 3.32. The van der Waals surface area contributed by atoms with Crippen LogP contribution in [0.5, 0.6) is 0 Å². The lowest BCUT2D eigenvalue weighted by molar-refractivity contribution is 0.222. The van der Waals surface area contributed by atoms with E-state index in [1.54, 1.807) is 11.9 Å². The first-order valence-corrected chi connectivity index (χ1v) is 7.23. The predicted octanol–water partition coefficient (Wildman–Crippen LogP) is 3.71. The van der Waals surface area contributed by atoms with E-state index in [0.29, 0.717) is 11.4 Å². The molecule has 108 valence electrons. The highest BCUT2D eigenvalue weighted by Crippen LogP contribution is 2.31. The van der Waals surface area contributed by atoms with Crippen molar-refractivity contribution in [2.24, 2.45) is 0 Å². The number of carbonyl (C=O) groups excluding carboxylic acids is 1. The van der Waals surface area contributed by atoms with Gasteiger partial charge in [0.2, 0.25) is 0 Å². The summed E-state index contributed by atoms with van der Waals surface area (Å²) in [4.78, 5) is 13.7. The van der Waals surface area contributed by atoms with Crippen LogP contribution in [0.25, 0.3) is 5.57 Å². The van der Waals surface area contributed by atoms with E-state index in [1.807, 2.05) is 25.1 Å². The first kappa shape index (κ1) is 14.4. The molecule has 4 nitrogen and oxygen atoms in total. The maximum Gasteiger partial charge on any atom is 0.321 e. The van der Waals surface area contributed by atoms with Crippen LogP contribution in [0.15, 0.2) is 24.3 Å². The molecule has 1 aromatic rings. The minimum atomic E-state index is -0.115. The summed E-state index contributed by atoms with van der Waals surface area (Å²) in [6, 6.07) is 5.75. The fraction of sp³-hybridized carbons (Fsp3) is 0.438. The fourth-order valence-corrected chi connectivity index (χ4v) is 2.44. The van der Waals surface area contributed by atoms with Gasteiger partial charge < -0.3 is 16.0 Å². The van der Waals surface area contributed by atoms with Crippen molar-refractivity contribution in [1.29, 1.82) is 0 Å². The van der Waals surface area contributed by atoms with Crippen molar-refractivity contribution < 1.29 is 4.79 Å². The number of nitrogens with one attached hydrogen (secondary N) is 1. The van der Waals surface area contributed by atoms with Gasteiger partial charge in [-0.05, 0) is 49.0 Å². The Labute approximate surface area is 120 Å². The molecule has 3 N–H and O–H groups in total. The van der Waals surface area contributed by atoms with Crippen molar-refractivity contribution >= 4 is 23.0 Å². The number of benzene rings is 1. The van der Waals surface area contributed by atoms with Crippen LogP contribution < -0.4 is 11.1 Å². The molecule has 0 aliphatic heterocycles. The van der Waals surface area contributed by atoms with Crippen LogP contribution in [0.4, 0.5) is 16.2 Å². The number of amides is 2. The topological polar surface area (TPSA) is 58.4 Å². The van der Waals surface area contributed by atoms with Gasteiger partial charge in [-0.3, -0.25) is 0 Å². The fourth-order valence-electron chi connectivity index (χ4n) is 2.44. The second-order valence-corrected chi connectivity index (χ2v) is 5.28. The highest BCUT2D eigenvalue weighted by atomic mass is 16.2. The third-order valence-corrected chi connectivity index (χ3v) is 3.61.